The average molecular weight is 509 g/mol. The number of benzene rings is 2. The summed E-state index contributed by atoms with van der Waals surface area (Å²) in [5, 5.41) is 3.15. The molecule has 0 saturated heterocycles. The van der Waals surface area contributed by atoms with Crippen molar-refractivity contribution in [1.29, 1.82) is 0 Å². The molecule has 1 N–H and O–H groups in total. The fourth-order valence-corrected chi connectivity index (χ4v) is 4.34. The number of carbonyl (C=O) groups excluding carboxylic acids is 1. The van der Waals surface area contributed by atoms with E-state index in [0.717, 1.165) is 0 Å². The minimum absolute atomic E-state index is 0.0148. The number of rotatable bonds is 7. The summed E-state index contributed by atoms with van der Waals surface area (Å²) in [5.74, 6) is -1.07. The van der Waals surface area contributed by atoms with Gasteiger partial charge in [-0.2, -0.15) is 13.2 Å². The Morgan fingerprint density at radius 1 is 1.30 bits per heavy atom. The van der Waals surface area contributed by atoms with Crippen LogP contribution in [0.5, 0.6) is 5.75 Å². The lowest BCUT2D eigenvalue weighted by molar-refractivity contribution is -0.153. The van der Waals surface area contributed by atoms with Crippen LogP contribution in [0.3, 0.4) is 0 Å². The van der Waals surface area contributed by atoms with E-state index in [9.17, 15) is 22.4 Å². The van der Waals surface area contributed by atoms with E-state index < -0.39 is 24.1 Å². The molecule has 0 heterocycles. The zero-order valence-corrected chi connectivity index (χ0v) is 18.3. The maximum absolute atomic E-state index is 14.1. The van der Waals surface area contributed by atoms with Gasteiger partial charge in [0.15, 0.2) is 6.61 Å². The van der Waals surface area contributed by atoms with Crippen molar-refractivity contribution in [2.75, 3.05) is 6.61 Å². The number of ether oxygens (including phenoxy) is 1. The standard InChI is InChI=1S/C21H19BrClF4NO2/c1-12(19-16(22)3-2-4-17(19)24)7-18(29)28-20(5-6-20)13-8-14(23)10-15(9-13)30-11-21(25,26)27/h2-4,8-10,12H,5-7,11H2,1H3,(H,28,29). The first-order valence-corrected chi connectivity index (χ1v) is 10.4. The maximum atomic E-state index is 14.1. The van der Waals surface area contributed by atoms with Gasteiger partial charge in [0, 0.05) is 21.5 Å². The molecule has 0 aliphatic heterocycles. The summed E-state index contributed by atoms with van der Waals surface area (Å²) in [5.41, 5.74) is 0.299. The summed E-state index contributed by atoms with van der Waals surface area (Å²) in [6.45, 7) is 0.325. The van der Waals surface area contributed by atoms with Gasteiger partial charge in [-0.25, -0.2) is 4.39 Å². The van der Waals surface area contributed by atoms with Crippen molar-refractivity contribution in [3.8, 4) is 5.75 Å². The molecular formula is C21H19BrClF4NO2. The minimum atomic E-state index is -4.47. The first-order chi connectivity index (χ1) is 14.0. The molecule has 1 amide bonds. The Morgan fingerprint density at radius 3 is 2.60 bits per heavy atom. The fourth-order valence-electron chi connectivity index (χ4n) is 3.38. The summed E-state index contributed by atoms with van der Waals surface area (Å²) in [7, 11) is 0. The van der Waals surface area contributed by atoms with Crippen molar-refractivity contribution in [3.63, 3.8) is 0 Å². The van der Waals surface area contributed by atoms with Gasteiger partial charge in [-0.3, -0.25) is 4.79 Å². The van der Waals surface area contributed by atoms with Crippen LogP contribution >= 0.6 is 27.5 Å². The second kappa shape index (κ2) is 8.75. The molecule has 162 valence electrons. The SMILES string of the molecule is CC(CC(=O)NC1(c2cc(Cl)cc(OCC(F)(F)F)c2)CC1)c1c(F)cccc1Br. The van der Waals surface area contributed by atoms with E-state index in [2.05, 4.69) is 21.2 Å². The maximum Gasteiger partial charge on any atom is 0.422 e. The van der Waals surface area contributed by atoms with Crippen LogP contribution in [0.25, 0.3) is 0 Å². The Bertz CT molecular complexity index is 927. The molecule has 9 heteroatoms. The molecule has 0 spiro atoms. The van der Waals surface area contributed by atoms with Crippen molar-refractivity contribution in [2.24, 2.45) is 0 Å². The van der Waals surface area contributed by atoms with E-state index in [1.807, 2.05) is 0 Å². The molecule has 1 fully saturated rings. The van der Waals surface area contributed by atoms with Gasteiger partial charge in [-0.15, -0.1) is 0 Å². The lowest BCUT2D eigenvalue weighted by atomic mass is 9.96. The van der Waals surface area contributed by atoms with Gasteiger partial charge in [-0.1, -0.05) is 40.5 Å². The van der Waals surface area contributed by atoms with Crippen LogP contribution in [0.1, 0.15) is 43.2 Å². The molecule has 3 nitrogen and oxygen atoms in total. The molecule has 0 bridgehead atoms. The molecule has 1 saturated carbocycles. The van der Waals surface area contributed by atoms with Crippen molar-refractivity contribution < 1.29 is 27.1 Å². The molecule has 1 unspecified atom stereocenters. The minimum Gasteiger partial charge on any atom is -0.484 e. The first kappa shape index (κ1) is 22.9. The topological polar surface area (TPSA) is 38.3 Å². The second-order valence-electron chi connectivity index (χ2n) is 7.45. The van der Waals surface area contributed by atoms with Gasteiger partial charge >= 0.3 is 6.18 Å². The summed E-state index contributed by atoms with van der Waals surface area (Å²) in [4.78, 5) is 12.6. The Morgan fingerprint density at radius 2 is 2.00 bits per heavy atom. The van der Waals surface area contributed by atoms with Gasteiger partial charge in [0.1, 0.15) is 11.6 Å². The number of halogens is 6. The number of nitrogens with one attached hydrogen (secondary N) is 1. The van der Waals surface area contributed by atoms with E-state index in [-0.39, 0.29) is 29.0 Å². The highest BCUT2D eigenvalue weighted by Crippen LogP contribution is 2.47. The highest BCUT2D eigenvalue weighted by atomic mass is 79.9. The Hall–Kier alpha value is -1.80. The highest BCUT2D eigenvalue weighted by Gasteiger charge is 2.46. The van der Waals surface area contributed by atoms with E-state index in [0.29, 0.717) is 28.4 Å². The molecule has 1 aliphatic rings. The third kappa shape index (κ3) is 5.66. The number of alkyl halides is 3. The van der Waals surface area contributed by atoms with Crippen molar-refractivity contribution in [1.82, 2.24) is 5.32 Å². The van der Waals surface area contributed by atoms with Crippen LogP contribution < -0.4 is 10.1 Å². The van der Waals surface area contributed by atoms with E-state index in [1.165, 1.54) is 18.2 Å². The zero-order valence-electron chi connectivity index (χ0n) is 16.0. The molecule has 3 rings (SSSR count). The molecule has 1 aliphatic carbocycles. The van der Waals surface area contributed by atoms with Crippen LogP contribution in [0, 0.1) is 5.82 Å². The van der Waals surface area contributed by atoms with Crippen LogP contribution in [-0.4, -0.2) is 18.7 Å². The monoisotopic (exact) mass is 507 g/mol. The number of carbonyl (C=O) groups is 1. The van der Waals surface area contributed by atoms with Crippen LogP contribution in [0.15, 0.2) is 40.9 Å². The summed E-state index contributed by atoms with van der Waals surface area (Å²) in [6, 6.07) is 8.99. The summed E-state index contributed by atoms with van der Waals surface area (Å²) >= 11 is 9.36. The molecule has 30 heavy (non-hydrogen) atoms. The Labute approximate surface area is 184 Å². The van der Waals surface area contributed by atoms with E-state index in [4.69, 9.17) is 16.3 Å². The van der Waals surface area contributed by atoms with Gasteiger partial charge in [0.2, 0.25) is 5.91 Å². The van der Waals surface area contributed by atoms with E-state index in [1.54, 1.807) is 25.1 Å². The van der Waals surface area contributed by atoms with Crippen LogP contribution in [-0.2, 0) is 10.3 Å². The summed E-state index contributed by atoms with van der Waals surface area (Å²) in [6.07, 6.45) is -3.17. The third-order valence-electron chi connectivity index (χ3n) is 4.94. The number of hydrogen-bond acceptors (Lipinski definition) is 2. The number of amides is 1. The normalized spacial score (nSPS) is 16.1. The summed E-state index contributed by atoms with van der Waals surface area (Å²) < 4.78 is 56.8. The van der Waals surface area contributed by atoms with Crippen molar-refractivity contribution in [3.05, 3.63) is 62.8 Å². The predicted molar refractivity (Wildman–Crippen MR) is 109 cm³/mol. The fraction of sp³-hybridized carbons (Fsp3) is 0.381. The molecule has 2 aromatic rings. The largest absolute Gasteiger partial charge is 0.484 e. The molecular weight excluding hydrogens is 490 g/mol. The van der Waals surface area contributed by atoms with Crippen molar-refractivity contribution >= 4 is 33.4 Å². The van der Waals surface area contributed by atoms with Crippen LogP contribution in [0.4, 0.5) is 17.6 Å². The zero-order chi connectivity index (χ0) is 22.1. The second-order valence-corrected chi connectivity index (χ2v) is 8.74. The lowest BCUT2D eigenvalue weighted by Gasteiger charge is -2.21. The lowest BCUT2D eigenvalue weighted by Crippen LogP contribution is -2.35. The Kier molecular flexibility index (Phi) is 6.67. The van der Waals surface area contributed by atoms with Gasteiger partial charge in [-0.05, 0) is 54.7 Å². The molecule has 0 aromatic heterocycles. The van der Waals surface area contributed by atoms with Gasteiger partial charge in [0.05, 0.1) is 5.54 Å². The van der Waals surface area contributed by atoms with E-state index >= 15 is 0 Å². The molecule has 1 atom stereocenters. The van der Waals surface area contributed by atoms with Gasteiger partial charge in [0.25, 0.3) is 0 Å². The average Bonchev–Trinajstić information content (AvgIpc) is 3.39. The van der Waals surface area contributed by atoms with Gasteiger partial charge < -0.3 is 10.1 Å². The smallest absolute Gasteiger partial charge is 0.422 e. The molecule has 0 radical (unpaired) electrons. The van der Waals surface area contributed by atoms with Crippen molar-refractivity contribution in [2.45, 2.75) is 43.8 Å². The number of hydrogen-bond donors (Lipinski definition) is 1. The van der Waals surface area contributed by atoms with Crippen LogP contribution in [0.2, 0.25) is 5.02 Å². The first-order valence-electron chi connectivity index (χ1n) is 9.25. The Balaban J connectivity index is 1.71. The quantitative estimate of drug-likeness (QED) is 0.435. The predicted octanol–water partition coefficient (Wildman–Crippen LogP) is 6.48. The highest BCUT2D eigenvalue weighted by molar-refractivity contribution is 9.10. The molecule has 2 aromatic carbocycles. The third-order valence-corrected chi connectivity index (χ3v) is 5.85.